The molecule has 0 spiro atoms. The Morgan fingerprint density at radius 1 is 1.60 bits per heavy atom. The number of rotatable bonds is 0. The number of nitrogens with zero attached hydrogens (tertiary/aromatic N) is 2. The molecule has 0 atom stereocenters. The van der Waals surface area contributed by atoms with Crippen LogP contribution < -0.4 is 5.55 Å². The molecule has 2 aromatic heterocycles. The van der Waals surface area contributed by atoms with Crippen LogP contribution in [0.2, 0.25) is 0 Å². The molecule has 0 unspecified atom stereocenters. The standard InChI is InChI=1S/C6H5N3O/c7-6-5-1-2-8-9(5)3-4-10-6/h1-4,7H. The average molecular weight is 135 g/mol. The highest BCUT2D eigenvalue weighted by molar-refractivity contribution is 5.39. The summed E-state index contributed by atoms with van der Waals surface area (Å²) in [6.07, 6.45) is 4.72. The fraction of sp³-hybridized carbons (Fsp3) is 0. The molecule has 0 saturated heterocycles. The smallest absolute Gasteiger partial charge is 0.237 e. The van der Waals surface area contributed by atoms with Crippen molar-refractivity contribution in [2.45, 2.75) is 0 Å². The van der Waals surface area contributed by atoms with Crippen LogP contribution in [0.5, 0.6) is 0 Å². The molecule has 4 nitrogen and oxygen atoms in total. The summed E-state index contributed by atoms with van der Waals surface area (Å²) < 4.78 is 6.39. The molecule has 2 rings (SSSR count). The second kappa shape index (κ2) is 1.70. The van der Waals surface area contributed by atoms with Gasteiger partial charge in [-0.3, -0.25) is 5.41 Å². The predicted molar refractivity (Wildman–Crippen MR) is 33.3 cm³/mol. The van der Waals surface area contributed by atoms with Crippen LogP contribution in [0.1, 0.15) is 0 Å². The summed E-state index contributed by atoms with van der Waals surface area (Å²) in [5.41, 5.74) is 0.822. The Morgan fingerprint density at radius 3 is 3.30 bits per heavy atom. The number of nitrogens with one attached hydrogen (secondary N) is 1. The zero-order valence-electron chi connectivity index (χ0n) is 5.11. The monoisotopic (exact) mass is 135 g/mol. The predicted octanol–water partition coefficient (Wildman–Crippen LogP) is 0.407. The van der Waals surface area contributed by atoms with E-state index in [1.165, 1.54) is 6.26 Å². The lowest BCUT2D eigenvalue weighted by Gasteiger charge is -1.87. The third-order valence-corrected chi connectivity index (χ3v) is 1.29. The quantitative estimate of drug-likeness (QED) is 0.568. The fourth-order valence-corrected chi connectivity index (χ4v) is 0.829. The van der Waals surface area contributed by atoms with Gasteiger partial charge in [-0.2, -0.15) is 5.10 Å². The third kappa shape index (κ3) is 0.556. The summed E-state index contributed by atoms with van der Waals surface area (Å²) in [5.74, 6) is 0. The van der Waals surface area contributed by atoms with E-state index in [2.05, 4.69) is 5.10 Å². The van der Waals surface area contributed by atoms with Crippen molar-refractivity contribution < 1.29 is 4.42 Å². The van der Waals surface area contributed by atoms with Gasteiger partial charge in [0.05, 0.1) is 12.4 Å². The van der Waals surface area contributed by atoms with Crippen molar-refractivity contribution in [1.29, 1.82) is 5.41 Å². The Labute approximate surface area is 56.2 Å². The van der Waals surface area contributed by atoms with E-state index in [4.69, 9.17) is 9.83 Å². The molecule has 0 aliphatic rings. The topological polar surface area (TPSA) is 54.3 Å². The van der Waals surface area contributed by atoms with Crippen molar-refractivity contribution in [3.8, 4) is 0 Å². The highest BCUT2D eigenvalue weighted by atomic mass is 16.3. The lowest BCUT2D eigenvalue weighted by Crippen LogP contribution is -2.02. The van der Waals surface area contributed by atoms with Crippen LogP contribution in [-0.2, 0) is 0 Å². The van der Waals surface area contributed by atoms with Gasteiger partial charge in [0.15, 0.2) is 0 Å². The number of fused-ring (bicyclic) bond motifs is 1. The first kappa shape index (κ1) is 5.22. The third-order valence-electron chi connectivity index (χ3n) is 1.29. The van der Waals surface area contributed by atoms with E-state index in [-0.39, 0.29) is 5.55 Å². The SMILES string of the molecule is N=c1occn2nccc12. The summed E-state index contributed by atoms with van der Waals surface area (Å²) >= 11 is 0. The first-order valence-corrected chi connectivity index (χ1v) is 2.84. The maximum Gasteiger partial charge on any atom is 0.237 e. The van der Waals surface area contributed by atoms with Crippen LogP contribution in [0.3, 0.4) is 0 Å². The summed E-state index contributed by atoms with van der Waals surface area (Å²) in [5, 5.41) is 11.2. The molecule has 0 radical (unpaired) electrons. The van der Waals surface area contributed by atoms with Gasteiger partial charge in [0, 0.05) is 0 Å². The Kier molecular flexibility index (Phi) is 0.887. The van der Waals surface area contributed by atoms with Gasteiger partial charge in [-0.25, -0.2) is 4.52 Å². The van der Waals surface area contributed by atoms with Crippen LogP contribution in [-0.4, -0.2) is 9.61 Å². The summed E-state index contributed by atoms with van der Waals surface area (Å²) in [6.45, 7) is 0. The van der Waals surface area contributed by atoms with Crippen LogP contribution in [0.15, 0.2) is 29.1 Å². The molecule has 2 heterocycles. The van der Waals surface area contributed by atoms with E-state index in [9.17, 15) is 0 Å². The zero-order valence-corrected chi connectivity index (χ0v) is 5.11. The molecule has 0 amide bonds. The maximum atomic E-state index is 7.25. The van der Waals surface area contributed by atoms with Crippen molar-refractivity contribution in [2.24, 2.45) is 0 Å². The maximum absolute atomic E-state index is 7.25. The van der Waals surface area contributed by atoms with Gasteiger partial charge in [-0.1, -0.05) is 0 Å². The van der Waals surface area contributed by atoms with Crippen molar-refractivity contribution in [1.82, 2.24) is 9.61 Å². The highest BCUT2D eigenvalue weighted by Crippen LogP contribution is 1.91. The minimum atomic E-state index is 0.139. The molecule has 0 fully saturated rings. The van der Waals surface area contributed by atoms with Crippen molar-refractivity contribution >= 4 is 5.52 Å². The van der Waals surface area contributed by atoms with E-state index in [0.29, 0.717) is 5.52 Å². The van der Waals surface area contributed by atoms with Gasteiger partial charge in [-0.15, -0.1) is 0 Å². The molecule has 0 saturated carbocycles. The molecule has 4 heteroatoms. The van der Waals surface area contributed by atoms with Gasteiger partial charge >= 0.3 is 0 Å². The lowest BCUT2D eigenvalue weighted by molar-refractivity contribution is 0.483. The molecular weight excluding hydrogens is 130 g/mol. The second-order valence-corrected chi connectivity index (χ2v) is 1.89. The van der Waals surface area contributed by atoms with Crippen molar-refractivity contribution in [3.05, 3.63) is 30.3 Å². The molecule has 2 aromatic rings. The van der Waals surface area contributed by atoms with E-state index >= 15 is 0 Å². The van der Waals surface area contributed by atoms with Crippen LogP contribution in [0.4, 0.5) is 0 Å². The van der Waals surface area contributed by atoms with Gasteiger partial charge in [0.2, 0.25) is 5.55 Å². The minimum absolute atomic E-state index is 0.139. The van der Waals surface area contributed by atoms with Crippen LogP contribution in [0.25, 0.3) is 5.52 Å². The lowest BCUT2D eigenvalue weighted by atomic mass is 10.5. The van der Waals surface area contributed by atoms with E-state index in [1.54, 1.807) is 23.0 Å². The highest BCUT2D eigenvalue weighted by Gasteiger charge is 1.92. The first-order chi connectivity index (χ1) is 4.88. The summed E-state index contributed by atoms with van der Waals surface area (Å²) in [4.78, 5) is 0. The summed E-state index contributed by atoms with van der Waals surface area (Å²) in [7, 11) is 0. The number of hydrogen-bond donors (Lipinski definition) is 1. The minimum Gasteiger partial charge on any atom is -0.444 e. The molecule has 50 valence electrons. The zero-order chi connectivity index (χ0) is 6.97. The summed E-state index contributed by atoms with van der Waals surface area (Å²) in [6, 6.07) is 1.73. The second-order valence-electron chi connectivity index (χ2n) is 1.89. The number of aromatic nitrogens is 2. The van der Waals surface area contributed by atoms with Crippen LogP contribution in [0, 0.1) is 5.41 Å². The molecule has 0 aliphatic heterocycles. The molecular formula is C6H5N3O. The Hall–Kier alpha value is -1.58. The largest absolute Gasteiger partial charge is 0.444 e. The fourth-order valence-electron chi connectivity index (χ4n) is 0.829. The van der Waals surface area contributed by atoms with Crippen molar-refractivity contribution in [3.63, 3.8) is 0 Å². The first-order valence-electron chi connectivity index (χ1n) is 2.84. The Bertz CT molecular complexity index is 400. The Balaban J connectivity index is 3.09. The Morgan fingerprint density at radius 2 is 2.50 bits per heavy atom. The van der Waals surface area contributed by atoms with E-state index < -0.39 is 0 Å². The molecule has 10 heavy (non-hydrogen) atoms. The van der Waals surface area contributed by atoms with E-state index in [0.717, 1.165) is 0 Å². The molecule has 0 aliphatic carbocycles. The van der Waals surface area contributed by atoms with E-state index in [1.807, 2.05) is 0 Å². The number of hydrogen-bond acceptors (Lipinski definition) is 3. The van der Waals surface area contributed by atoms with Gasteiger partial charge < -0.3 is 4.42 Å². The van der Waals surface area contributed by atoms with Gasteiger partial charge in [-0.05, 0) is 6.07 Å². The molecule has 0 aromatic carbocycles. The van der Waals surface area contributed by atoms with Crippen molar-refractivity contribution in [2.75, 3.05) is 0 Å². The van der Waals surface area contributed by atoms with Gasteiger partial charge in [0.1, 0.15) is 11.8 Å². The normalized spacial score (nSPS) is 10.4. The van der Waals surface area contributed by atoms with Crippen LogP contribution >= 0.6 is 0 Å². The average Bonchev–Trinajstić information content (AvgIpc) is 2.36. The van der Waals surface area contributed by atoms with Gasteiger partial charge in [0.25, 0.3) is 0 Å². The molecule has 1 N–H and O–H groups in total. The molecule has 0 bridgehead atoms.